The van der Waals surface area contributed by atoms with Gasteiger partial charge in [0.1, 0.15) is 0 Å². The molecule has 7 rings (SSSR count). The van der Waals surface area contributed by atoms with Crippen molar-refractivity contribution >= 4 is 42.4 Å². The second-order valence-corrected chi connectivity index (χ2v) is 20.0. The molecular weight excluding hydrogens is 836 g/mol. The summed E-state index contributed by atoms with van der Waals surface area (Å²) >= 11 is 0. The van der Waals surface area contributed by atoms with Gasteiger partial charge in [-0.15, -0.1) is 0 Å². The van der Waals surface area contributed by atoms with Gasteiger partial charge in [0.05, 0.1) is 17.2 Å². The van der Waals surface area contributed by atoms with Crippen LogP contribution in [0.5, 0.6) is 0 Å². The molecule has 0 aromatic heterocycles. The van der Waals surface area contributed by atoms with Gasteiger partial charge in [-0.3, -0.25) is 0 Å². The van der Waals surface area contributed by atoms with Crippen LogP contribution < -0.4 is 26.5 Å². The maximum absolute atomic E-state index is 13.6. The summed E-state index contributed by atoms with van der Waals surface area (Å²) in [6.07, 6.45) is 0.200. The van der Waals surface area contributed by atoms with E-state index in [1.807, 2.05) is 24.3 Å². The Morgan fingerprint density at radius 3 is 1.31 bits per heavy atom. The second kappa shape index (κ2) is 21.7. The number of alkyl halides is 6. The van der Waals surface area contributed by atoms with Crippen LogP contribution in [-0.2, 0) is 29.4 Å². The zero-order valence-corrected chi connectivity index (χ0v) is 37.6. The molecule has 2 aliphatic rings. The molecule has 10 heteroatoms. The summed E-state index contributed by atoms with van der Waals surface area (Å²) in [7, 11) is -2.52. The van der Waals surface area contributed by atoms with Crippen molar-refractivity contribution in [1.82, 2.24) is 0 Å². The molecule has 0 bridgehead atoms. The molecule has 59 heavy (non-hydrogen) atoms. The van der Waals surface area contributed by atoms with E-state index in [4.69, 9.17) is 0 Å². The summed E-state index contributed by atoms with van der Waals surface area (Å²) in [6.45, 7) is 8.42. The van der Waals surface area contributed by atoms with Gasteiger partial charge in [-0.05, 0) is 124 Å². The minimum Gasteiger partial charge on any atom is -0.388 e. The van der Waals surface area contributed by atoms with Crippen LogP contribution in [0.3, 0.4) is 0 Å². The third-order valence-corrected chi connectivity index (χ3v) is 16.3. The predicted molar refractivity (Wildman–Crippen MR) is 235 cm³/mol. The van der Waals surface area contributed by atoms with Gasteiger partial charge in [0, 0.05) is 0 Å². The minimum absolute atomic E-state index is 0. The fraction of sp³-hybridized carbons (Fsp3) is 0.347. The molecular formula is C49H56F6FeOP2. The van der Waals surface area contributed by atoms with E-state index >= 15 is 0 Å². The Morgan fingerprint density at radius 1 is 0.525 bits per heavy atom. The molecule has 5 aromatic rings. The van der Waals surface area contributed by atoms with Crippen LogP contribution >= 0.6 is 15.8 Å². The first kappa shape index (κ1) is 50.4. The zero-order chi connectivity index (χ0) is 40.2. The third kappa shape index (κ3) is 12.5. The maximum Gasteiger partial charge on any atom is 2.00 e. The van der Waals surface area contributed by atoms with Crippen molar-refractivity contribution in [3.05, 3.63) is 163 Å². The van der Waals surface area contributed by atoms with Crippen molar-refractivity contribution < 1.29 is 48.5 Å². The Kier molecular flexibility index (Phi) is 18.5. The zero-order valence-electron chi connectivity index (χ0n) is 34.7. The van der Waals surface area contributed by atoms with Gasteiger partial charge in [-0.1, -0.05) is 146 Å². The van der Waals surface area contributed by atoms with Gasteiger partial charge in [0.2, 0.25) is 0 Å². The van der Waals surface area contributed by atoms with E-state index < -0.39 is 45.4 Å². The SMILES string of the molecule is C1CCCC1.Cc1cc(C)cc(P(c2cc(C)cc(C)c2)C2CCCC2[C@@H](O)c2ccccc2P(c2ccc(C(F)(F)F)cc2)c2ccc(C(F)(F)F)cc2)c1.[CH3-].[CH3-].[Fe+2]. The summed E-state index contributed by atoms with van der Waals surface area (Å²) in [6, 6.07) is 30.5. The number of hydrogen-bond donors (Lipinski definition) is 1. The van der Waals surface area contributed by atoms with E-state index in [0.29, 0.717) is 21.5 Å². The normalized spacial score (nSPS) is 17.0. The number of hydrogen-bond acceptors (Lipinski definition) is 1. The summed E-state index contributed by atoms with van der Waals surface area (Å²) in [5, 5.41) is 16.8. The standard InChI is InChI=1S/C42H40F6OP2.C5H10.2CH3.Fe/c1-26-20-27(2)23-34(22-26)51(35-24-28(3)21-29(4)25-35)39-11-7-9-37(39)40(49)36-8-5-6-10-38(36)50(32-16-12-30(13-17-32)41(43,44)45)33-18-14-31(15-19-33)42(46,47)48;1-2-4-5-3-1;;;/h5-6,8,10,12-25,37,39-40,49H,7,9,11H2,1-4H3;1-5H2;2*1H3;/q;;2*-1;+2/t37?,39?,40-;;;;/m0..../s1. The average molecular weight is 893 g/mol. The van der Waals surface area contributed by atoms with Gasteiger partial charge >= 0.3 is 29.4 Å². The van der Waals surface area contributed by atoms with Crippen molar-refractivity contribution in [1.29, 1.82) is 0 Å². The molecule has 1 N–H and O–H groups in total. The fourth-order valence-corrected chi connectivity index (χ4v) is 14.5. The van der Waals surface area contributed by atoms with E-state index in [1.165, 1.54) is 89.2 Å². The molecule has 318 valence electrons. The van der Waals surface area contributed by atoms with Crippen LogP contribution in [0.25, 0.3) is 0 Å². The summed E-state index contributed by atoms with van der Waals surface area (Å²) in [5.41, 5.74) is 3.93. The molecule has 2 unspecified atom stereocenters. The quantitative estimate of drug-likeness (QED) is 0.0712. The molecule has 0 aliphatic heterocycles. The van der Waals surface area contributed by atoms with E-state index in [0.717, 1.165) is 43.5 Å². The third-order valence-electron chi connectivity index (χ3n) is 10.9. The Bertz CT molecular complexity index is 1920. The Balaban J connectivity index is 0.00000108. The van der Waals surface area contributed by atoms with Gasteiger partial charge < -0.3 is 20.0 Å². The Labute approximate surface area is 361 Å². The van der Waals surface area contributed by atoms with Crippen molar-refractivity contribution in [3.8, 4) is 0 Å². The summed E-state index contributed by atoms with van der Waals surface area (Å²) in [5.74, 6) is -0.115. The Morgan fingerprint density at radius 2 is 0.915 bits per heavy atom. The maximum atomic E-state index is 13.6. The number of rotatable bonds is 8. The first-order valence-corrected chi connectivity index (χ1v) is 22.2. The van der Waals surface area contributed by atoms with Gasteiger partial charge in [0.25, 0.3) is 0 Å². The summed E-state index contributed by atoms with van der Waals surface area (Å²) in [4.78, 5) is 0. The molecule has 0 heterocycles. The van der Waals surface area contributed by atoms with Gasteiger partial charge in [-0.2, -0.15) is 26.3 Å². The van der Waals surface area contributed by atoms with Crippen LogP contribution in [0.1, 0.15) is 96.4 Å². The fourth-order valence-electron chi connectivity index (χ4n) is 8.45. The van der Waals surface area contributed by atoms with Crippen LogP contribution in [0.4, 0.5) is 26.3 Å². The smallest absolute Gasteiger partial charge is 0.388 e. The average Bonchev–Trinajstić information content (AvgIpc) is 3.88. The molecule has 1 nitrogen and oxygen atoms in total. The first-order valence-electron chi connectivity index (χ1n) is 19.5. The molecule has 5 aromatic carbocycles. The van der Waals surface area contributed by atoms with Crippen LogP contribution in [0.15, 0.2) is 109 Å². The van der Waals surface area contributed by atoms with Crippen LogP contribution in [0, 0.1) is 48.5 Å². The molecule has 0 amide bonds. The minimum atomic E-state index is -4.54. The molecule has 2 aliphatic carbocycles. The first-order chi connectivity index (χ1) is 26.6. The topological polar surface area (TPSA) is 20.2 Å². The number of aryl methyl sites for hydroxylation is 4. The van der Waals surface area contributed by atoms with Crippen LogP contribution in [-0.4, -0.2) is 10.8 Å². The van der Waals surface area contributed by atoms with E-state index in [-0.39, 0.29) is 43.5 Å². The van der Waals surface area contributed by atoms with E-state index in [2.05, 4.69) is 64.1 Å². The molecule has 0 saturated heterocycles. The van der Waals surface area contributed by atoms with E-state index in [1.54, 1.807) is 0 Å². The molecule has 3 atom stereocenters. The van der Waals surface area contributed by atoms with Gasteiger partial charge in [0.15, 0.2) is 0 Å². The molecule has 2 fully saturated rings. The molecule has 0 radical (unpaired) electrons. The predicted octanol–water partition coefficient (Wildman–Crippen LogP) is 12.9. The summed E-state index contributed by atoms with van der Waals surface area (Å²) < 4.78 is 81.4. The Hall–Kier alpha value is -2.98. The van der Waals surface area contributed by atoms with Crippen LogP contribution in [0.2, 0.25) is 0 Å². The van der Waals surface area contributed by atoms with Crippen molar-refractivity contribution in [2.24, 2.45) is 5.92 Å². The molecule has 0 spiro atoms. The number of aliphatic hydroxyl groups excluding tert-OH is 1. The number of benzene rings is 5. The van der Waals surface area contributed by atoms with Crippen molar-refractivity contribution in [2.75, 3.05) is 0 Å². The van der Waals surface area contributed by atoms with Crippen molar-refractivity contribution in [3.63, 3.8) is 0 Å². The monoisotopic (exact) mass is 892 g/mol. The van der Waals surface area contributed by atoms with Gasteiger partial charge in [-0.25, -0.2) is 0 Å². The number of halogens is 6. The number of aliphatic hydroxyl groups is 1. The van der Waals surface area contributed by atoms with E-state index in [9.17, 15) is 31.4 Å². The molecule has 2 saturated carbocycles. The second-order valence-electron chi connectivity index (χ2n) is 15.4. The van der Waals surface area contributed by atoms with Crippen molar-refractivity contribution in [2.45, 2.75) is 103 Å². The largest absolute Gasteiger partial charge is 2.00 e.